The normalized spacial score (nSPS) is 19.6. The third kappa shape index (κ3) is 6.30. The average Bonchev–Trinajstić information content (AvgIpc) is 2.64. The van der Waals surface area contributed by atoms with Gasteiger partial charge in [0.25, 0.3) is 0 Å². The number of benzene rings is 1. The van der Waals surface area contributed by atoms with Gasteiger partial charge >= 0.3 is 0 Å². The Hall–Kier alpha value is -1.44. The number of hydrogen-bond acceptors (Lipinski definition) is 4. The van der Waals surface area contributed by atoms with Crippen molar-refractivity contribution in [1.82, 2.24) is 10.2 Å². The van der Waals surface area contributed by atoms with E-state index < -0.39 is 6.10 Å². The number of halogens is 1. The SMILES string of the molecule is C=C(NC1=CC(CN(CC)CCC)C(O)C=C1)c1ccc(I)cc1N=CC. The zero-order valence-corrected chi connectivity index (χ0v) is 18.6. The van der Waals surface area contributed by atoms with Gasteiger partial charge in [-0.2, -0.15) is 0 Å². The summed E-state index contributed by atoms with van der Waals surface area (Å²) in [7, 11) is 0. The molecule has 0 fully saturated rings. The summed E-state index contributed by atoms with van der Waals surface area (Å²) in [6, 6.07) is 6.14. The molecule has 0 saturated heterocycles. The summed E-state index contributed by atoms with van der Waals surface area (Å²) >= 11 is 2.29. The van der Waals surface area contributed by atoms with Crippen molar-refractivity contribution in [3.05, 3.63) is 57.8 Å². The number of aliphatic hydroxyl groups is 1. The van der Waals surface area contributed by atoms with Crippen LogP contribution in [0.5, 0.6) is 0 Å². The number of hydrogen-bond donors (Lipinski definition) is 2. The summed E-state index contributed by atoms with van der Waals surface area (Å²) in [6.07, 6.45) is 8.36. The summed E-state index contributed by atoms with van der Waals surface area (Å²) in [4.78, 5) is 6.84. The average molecular weight is 479 g/mol. The van der Waals surface area contributed by atoms with E-state index in [1.807, 2.05) is 31.2 Å². The molecule has 1 aromatic carbocycles. The summed E-state index contributed by atoms with van der Waals surface area (Å²) in [5, 5.41) is 13.8. The van der Waals surface area contributed by atoms with Gasteiger partial charge in [-0.1, -0.05) is 32.6 Å². The number of aliphatic hydroxyl groups excluding tert-OH is 1. The second-order valence-electron chi connectivity index (χ2n) is 6.68. The van der Waals surface area contributed by atoms with Gasteiger partial charge in [-0.25, -0.2) is 0 Å². The molecule has 0 radical (unpaired) electrons. The maximum Gasteiger partial charge on any atom is 0.0800 e. The number of aliphatic imine (C=N–C) groups is 1. The molecule has 0 aliphatic heterocycles. The fraction of sp³-hybridized carbons (Fsp3) is 0.409. The molecule has 0 heterocycles. The van der Waals surface area contributed by atoms with E-state index in [0.717, 1.165) is 52.3 Å². The topological polar surface area (TPSA) is 47.9 Å². The minimum atomic E-state index is -0.451. The highest BCUT2D eigenvalue weighted by atomic mass is 127. The van der Waals surface area contributed by atoms with Crippen molar-refractivity contribution in [2.45, 2.75) is 33.3 Å². The lowest BCUT2D eigenvalue weighted by Crippen LogP contribution is -2.35. The predicted octanol–water partition coefficient (Wildman–Crippen LogP) is 4.74. The third-order valence-electron chi connectivity index (χ3n) is 4.61. The second kappa shape index (κ2) is 10.8. The van der Waals surface area contributed by atoms with Crippen LogP contribution in [0.1, 0.15) is 32.8 Å². The van der Waals surface area contributed by atoms with Crippen molar-refractivity contribution >= 4 is 40.2 Å². The molecule has 2 rings (SSSR count). The van der Waals surface area contributed by atoms with E-state index in [4.69, 9.17) is 0 Å². The molecule has 2 N–H and O–H groups in total. The maximum absolute atomic E-state index is 10.4. The van der Waals surface area contributed by atoms with Crippen LogP contribution in [0.15, 0.2) is 53.7 Å². The van der Waals surface area contributed by atoms with Gasteiger partial charge < -0.3 is 15.3 Å². The summed E-state index contributed by atoms with van der Waals surface area (Å²) < 4.78 is 1.14. The molecular formula is C22H30IN3O. The quantitative estimate of drug-likeness (QED) is 0.398. The number of allylic oxidation sites excluding steroid dienone is 1. The van der Waals surface area contributed by atoms with Crippen LogP contribution in [0.25, 0.3) is 5.70 Å². The van der Waals surface area contributed by atoms with Crippen molar-refractivity contribution in [2.75, 3.05) is 19.6 Å². The van der Waals surface area contributed by atoms with E-state index in [1.165, 1.54) is 0 Å². The Morgan fingerprint density at radius 2 is 2.19 bits per heavy atom. The van der Waals surface area contributed by atoms with Gasteiger partial charge in [0.2, 0.25) is 0 Å². The third-order valence-corrected chi connectivity index (χ3v) is 5.28. The molecule has 0 saturated carbocycles. The second-order valence-corrected chi connectivity index (χ2v) is 7.93. The summed E-state index contributed by atoms with van der Waals surface area (Å²) in [5.74, 6) is 0.0710. The summed E-state index contributed by atoms with van der Waals surface area (Å²) in [6.45, 7) is 13.4. The number of rotatable bonds is 9. The molecule has 2 unspecified atom stereocenters. The molecule has 27 heavy (non-hydrogen) atoms. The van der Waals surface area contributed by atoms with Crippen LogP contribution in [0.2, 0.25) is 0 Å². The van der Waals surface area contributed by atoms with Gasteiger partial charge in [0.05, 0.1) is 11.8 Å². The zero-order chi connectivity index (χ0) is 19.8. The summed E-state index contributed by atoms with van der Waals surface area (Å²) in [5.41, 5.74) is 3.65. The molecule has 0 spiro atoms. The van der Waals surface area contributed by atoms with Crippen LogP contribution >= 0.6 is 22.6 Å². The van der Waals surface area contributed by atoms with E-state index in [-0.39, 0.29) is 5.92 Å². The van der Waals surface area contributed by atoms with E-state index in [0.29, 0.717) is 0 Å². The first-order valence-electron chi connectivity index (χ1n) is 9.53. The van der Waals surface area contributed by atoms with Crippen LogP contribution in [-0.4, -0.2) is 42.0 Å². The minimum absolute atomic E-state index is 0.0710. The van der Waals surface area contributed by atoms with Gasteiger partial charge in [0.15, 0.2) is 0 Å². The van der Waals surface area contributed by atoms with Gasteiger partial charge in [0, 0.05) is 39.2 Å². The molecule has 4 nitrogen and oxygen atoms in total. The maximum atomic E-state index is 10.4. The molecule has 1 aromatic rings. The molecule has 0 aromatic heterocycles. The van der Waals surface area contributed by atoms with Gasteiger partial charge in [-0.15, -0.1) is 0 Å². The highest BCUT2D eigenvalue weighted by Crippen LogP contribution is 2.28. The highest BCUT2D eigenvalue weighted by Gasteiger charge is 2.21. The molecule has 2 atom stereocenters. The lowest BCUT2D eigenvalue weighted by Gasteiger charge is -2.29. The smallest absolute Gasteiger partial charge is 0.0800 e. The van der Waals surface area contributed by atoms with E-state index in [9.17, 15) is 5.11 Å². The first-order chi connectivity index (χ1) is 13.0. The largest absolute Gasteiger partial charge is 0.388 e. The van der Waals surface area contributed by atoms with E-state index in [2.05, 4.69) is 70.4 Å². The van der Waals surface area contributed by atoms with Crippen molar-refractivity contribution in [2.24, 2.45) is 10.9 Å². The Bertz CT molecular complexity index is 739. The zero-order valence-electron chi connectivity index (χ0n) is 16.5. The first kappa shape index (κ1) is 21.9. The van der Waals surface area contributed by atoms with Crippen molar-refractivity contribution in [3.8, 4) is 0 Å². The first-order valence-corrected chi connectivity index (χ1v) is 10.6. The van der Waals surface area contributed by atoms with Crippen molar-refractivity contribution < 1.29 is 5.11 Å². The van der Waals surface area contributed by atoms with Crippen LogP contribution in [-0.2, 0) is 0 Å². The highest BCUT2D eigenvalue weighted by molar-refractivity contribution is 14.1. The predicted molar refractivity (Wildman–Crippen MR) is 124 cm³/mol. The van der Waals surface area contributed by atoms with Crippen LogP contribution in [0.3, 0.4) is 0 Å². The molecule has 5 heteroatoms. The molecule has 1 aliphatic rings. The van der Waals surface area contributed by atoms with Crippen LogP contribution in [0.4, 0.5) is 5.69 Å². The van der Waals surface area contributed by atoms with Gasteiger partial charge in [0.1, 0.15) is 0 Å². The lowest BCUT2D eigenvalue weighted by atomic mass is 9.95. The minimum Gasteiger partial charge on any atom is -0.388 e. The number of nitrogens with zero attached hydrogens (tertiary/aromatic N) is 2. The Morgan fingerprint density at radius 3 is 2.85 bits per heavy atom. The van der Waals surface area contributed by atoms with E-state index in [1.54, 1.807) is 6.21 Å². The Morgan fingerprint density at radius 1 is 1.41 bits per heavy atom. The molecule has 1 aliphatic carbocycles. The fourth-order valence-electron chi connectivity index (χ4n) is 3.21. The van der Waals surface area contributed by atoms with Crippen molar-refractivity contribution in [3.63, 3.8) is 0 Å². The lowest BCUT2D eigenvalue weighted by molar-refractivity contribution is 0.138. The van der Waals surface area contributed by atoms with Crippen molar-refractivity contribution in [1.29, 1.82) is 0 Å². The molecule has 146 valence electrons. The molecular weight excluding hydrogens is 449 g/mol. The molecule has 0 amide bonds. The number of nitrogens with one attached hydrogen (secondary N) is 1. The Labute approximate surface area is 176 Å². The molecule has 0 bridgehead atoms. The van der Waals surface area contributed by atoms with E-state index >= 15 is 0 Å². The van der Waals surface area contributed by atoms with Crippen LogP contribution in [0, 0.1) is 9.49 Å². The standard InChI is InChI=1S/C22H30IN3O/c1-5-12-26(7-3)15-17-13-19(9-11-22(17)27)25-16(4)20-10-8-18(23)14-21(20)24-6-2/h6,8-11,13-14,17,22,25,27H,4-5,7,12,15H2,1-3H3. The Kier molecular flexibility index (Phi) is 8.73. The monoisotopic (exact) mass is 479 g/mol. The fourth-order valence-corrected chi connectivity index (χ4v) is 3.69. The Balaban J connectivity index is 2.15. The van der Waals surface area contributed by atoms with Gasteiger partial charge in [-0.05, 0) is 73.3 Å². The van der Waals surface area contributed by atoms with Crippen LogP contribution < -0.4 is 5.32 Å². The van der Waals surface area contributed by atoms with Gasteiger partial charge in [-0.3, -0.25) is 4.99 Å².